The van der Waals surface area contributed by atoms with Gasteiger partial charge >= 0.3 is 0 Å². The van der Waals surface area contributed by atoms with E-state index in [9.17, 15) is 9.59 Å². The molecule has 2 heterocycles. The molecule has 7 nitrogen and oxygen atoms in total. The Kier molecular flexibility index (Phi) is 3.48. The van der Waals surface area contributed by atoms with E-state index in [1.165, 1.54) is 6.42 Å². The summed E-state index contributed by atoms with van der Waals surface area (Å²) >= 11 is 0. The van der Waals surface area contributed by atoms with Gasteiger partial charge in [0, 0.05) is 19.0 Å². The third kappa shape index (κ3) is 2.51. The molecular weight excluding hydrogens is 308 g/mol. The summed E-state index contributed by atoms with van der Waals surface area (Å²) in [6, 6.07) is 7.03. The highest BCUT2D eigenvalue weighted by atomic mass is 16.5. The Morgan fingerprint density at radius 1 is 1.42 bits per heavy atom. The molecule has 0 spiro atoms. The Morgan fingerprint density at radius 3 is 3.00 bits per heavy atom. The third-order valence-corrected chi connectivity index (χ3v) is 4.55. The molecule has 0 atom stereocenters. The number of fused-ring (bicyclic) bond motifs is 1. The molecule has 2 aromatic rings. The molecule has 7 heteroatoms. The Bertz CT molecular complexity index is 823. The van der Waals surface area contributed by atoms with Crippen molar-refractivity contribution in [2.75, 3.05) is 17.2 Å². The first kappa shape index (κ1) is 14.7. The summed E-state index contributed by atoms with van der Waals surface area (Å²) in [5.41, 5.74) is 1.93. The summed E-state index contributed by atoms with van der Waals surface area (Å²) in [6.07, 6.45) is 3.55. The van der Waals surface area contributed by atoms with Crippen LogP contribution in [-0.2, 0) is 11.8 Å². The maximum atomic E-state index is 12.6. The first-order chi connectivity index (χ1) is 11.6. The smallest absolute Gasteiger partial charge is 0.262 e. The number of rotatable bonds is 3. The molecule has 24 heavy (non-hydrogen) atoms. The number of nitrogens with zero attached hydrogens (tertiary/aromatic N) is 2. The molecule has 2 amide bonds. The summed E-state index contributed by atoms with van der Waals surface area (Å²) < 4.78 is 7.11. The summed E-state index contributed by atoms with van der Waals surface area (Å²) in [6.45, 7) is -0.0885. The molecule has 4 rings (SSSR count). The maximum Gasteiger partial charge on any atom is 0.262 e. The van der Waals surface area contributed by atoms with Crippen molar-refractivity contribution in [3.05, 3.63) is 35.5 Å². The van der Waals surface area contributed by atoms with Crippen LogP contribution in [0.3, 0.4) is 0 Å². The highest BCUT2D eigenvalue weighted by Crippen LogP contribution is 2.36. The number of amides is 2. The molecule has 1 aromatic heterocycles. The van der Waals surface area contributed by atoms with Gasteiger partial charge in [-0.1, -0.05) is 12.5 Å². The lowest BCUT2D eigenvalue weighted by molar-refractivity contribution is -0.118. The van der Waals surface area contributed by atoms with Gasteiger partial charge in [-0.3, -0.25) is 14.3 Å². The van der Waals surface area contributed by atoms with Gasteiger partial charge < -0.3 is 15.4 Å². The standard InChI is InChI=1S/C17H18N4O3/c1-21-14(8-13(20-21)10-4-2-5-10)19-17(23)11-6-3-7-12-16(11)24-9-15(22)18-12/h3,6-8,10H,2,4-5,9H2,1H3,(H,18,22)(H,19,23). The Balaban J connectivity index is 1.58. The average molecular weight is 326 g/mol. The number of carbonyl (C=O) groups is 2. The lowest BCUT2D eigenvalue weighted by Gasteiger charge is -2.22. The first-order valence-electron chi connectivity index (χ1n) is 8.03. The predicted octanol–water partition coefficient (Wildman–Crippen LogP) is 2.27. The maximum absolute atomic E-state index is 12.6. The van der Waals surface area contributed by atoms with Crippen LogP contribution in [0.25, 0.3) is 0 Å². The summed E-state index contributed by atoms with van der Waals surface area (Å²) in [4.78, 5) is 24.0. The number of para-hydroxylation sites is 1. The first-order valence-corrected chi connectivity index (χ1v) is 8.03. The zero-order valence-electron chi connectivity index (χ0n) is 13.3. The Morgan fingerprint density at radius 2 is 2.25 bits per heavy atom. The van der Waals surface area contributed by atoms with Gasteiger partial charge in [0.25, 0.3) is 11.8 Å². The number of hydrogen-bond acceptors (Lipinski definition) is 4. The molecule has 1 aromatic carbocycles. The van der Waals surface area contributed by atoms with E-state index < -0.39 is 0 Å². The summed E-state index contributed by atoms with van der Waals surface area (Å²) in [5.74, 6) is 1.04. The van der Waals surface area contributed by atoms with E-state index in [1.54, 1.807) is 22.9 Å². The van der Waals surface area contributed by atoms with Crippen molar-refractivity contribution in [2.24, 2.45) is 7.05 Å². The van der Waals surface area contributed by atoms with Crippen LogP contribution < -0.4 is 15.4 Å². The van der Waals surface area contributed by atoms with E-state index in [-0.39, 0.29) is 18.4 Å². The largest absolute Gasteiger partial charge is 0.481 e. The van der Waals surface area contributed by atoms with Gasteiger partial charge in [0.15, 0.2) is 12.4 Å². The zero-order chi connectivity index (χ0) is 16.7. The number of carbonyl (C=O) groups excluding carboxylic acids is 2. The summed E-state index contributed by atoms with van der Waals surface area (Å²) in [5, 5.41) is 10.1. The van der Waals surface area contributed by atoms with Gasteiger partial charge in [0.05, 0.1) is 16.9 Å². The van der Waals surface area contributed by atoms with Gasteiger partial charge in [-0.2, -0.15) is 5.10 Å². The van der Waals surface area contributed by atoms with Crippen LogP contribution >= 0.6 is 0 Å². The second-order valence-corrected chi connectivity index (χ2v) is 6.18. The van der Waals surface area contributed by atoms with Gasteiger partial charge in [-0.05, 0) is 25.0 Å². The number of benzene rings is 1. The highest BCUT2D eigenvalue weighted by Gasteiger charge is 2.25. The van der Waals surface area contributed by atoms with Gasteiger partial charge in [-0.15, -0.1) is 0 Å². The molecule has 0 unspecified atom stereocenters. The van der Waals surface area contributed by atoms with Crippen LogP contribution in [0.2, 0.25) is 0 Å². The second-order valence-electron chi connectivity index (χ2n) is 6.18. The third-order valence-electron chi connectivity index (χ3n) is 4.55. The average Bonchev–Trinajstić information content (AvgIpc) is 2.84. The molecule has 0 radical (unpaired) electrons. The molecule has 0 saturated heterocycles. The number of hydrogen-bond donors (Lipinski definition) is 2. The minimum atomic E-state index is -0.286. The van der Waals surface area contributed by atoms with Crippen LogP contribution in [0.4, 0.5) is 11.5 Å². The normalized spacial score (nSPS) is 16.6. The topological polar surface area (TPSA) is 85.2 Å². The van der Waals surface area contributed by atoms with E-state index in [0.717, 1.165) is 18.5 Å². The van der Waals surface area contributed by atoms with Crippen LogP contribution in [0, 0.1) is 0 Å². The van der Waals surface area contributed by atoms with E-state index in [1.807, 2.05) is 13.1 Å². The highest BCUT2D eigenvalue weighted by molar-refractivity contribution is 6.08. The van der Waals surface area contributed by atoms with E-state index in [4.69, 9.17) is 4.74 Å². The SMILES string of the molecule is Cn1nc(C2CCC2)cc1NC(=O)c1cccc2c1OCC(=O)N2. The van der Waals surface area contributed by atoms with Crippen molar-refractivity contribution in [2.45, 2.75) is 25.2 Å². The fourth-order valence-corrected chi connectivity index (χ4v) is 2.99. The molecule has 2 N–H and O–H groups in total. The van der Waals surface area contributed by atoms with Crippen LogP contribution in [0.1, 0.15) is 41.2 Å². The van der Waals surface area contributed by atoms with Crippen LogP contribution in [-0.4, -0.2) is 28.2 Å². The number of aryl methyl sites for hydroxylation is 1. The number of anilines is 2. The fraction of sp³-hybridized carbons (Fsp3) is 0.353. The van der Waals surface area contributed by atoms with Gasteiger partial charge in [-0.25, -0.2) is 0 Å². The number of nitrogens with one attached hydrogen (secondary N) is 2. The van der Waals surface area contributed by atoms with Crippen molar-refractivity contribution in [1.82, 2.24) is 9.78 Å². The molecule has 0 bridgehead atoms. The van der Waals surface area contributed by atoms with Crippen molar-refractivity contribution in [1.29, 1.82) is 0 Å². The molecule has 124 valence electrons. The second kappa shape index (κ2) is 5.67. The van der Waals surface area contributed by atoms with Crippen molar-refractivity contribution in [3.63, 3.8) is 0 Å². The lowest BCUT2D eigenvalue weighted by atomic mass is 9.83. The quantitative estimate of drug-likeness (QED) is 0.906. The van der Waals surface area contributed by atoms with Crippen molar-refractivity contribution < 1.29 is 14.3 Å². The fourth-order valence-electron chi connectivity index (χ4n) is 2.99. The molecule has 1 aliphatic heterocycles. The number of aromatic nitrogens is 2. The number of ether oxygens (including phenoxy) is 1. The summed E-state index contributed by atoms with van der Waals surface area (Å²) in [7, 11) is 1.81. The molecule has 1 aliphatic carbocycles. The molecule has 1 saturated carbocycles. The van der Waals surface area contributed by atoms with Crippen molar-refractivity contribution in [3.8, 4) is 5.75 Å². The molecular formula is C17H18N4O3. The van der Waals surface area contributed by atoms with Gasteiger partial charge in [0.1, 0.15) is 5.82 Å². The van der Waals surface area contributed by atoms with E-state index >= 15 is 0 Å². The minimum Gasteiger partial charge on any atom is -0.481 e. The van der Waals surface area contributed by atoms with E-state index in [2.05, 4.69) is 15.7 Å². The Labute approximate surface area is 139 Å². The minimum absolute atomic E-state index is 0.0885. The van der Waals surface area contributed by atoms with Crippen LogP contribution in [0.5, 0.6) is 5.75 Å². The van der Waals surface area contributed by atoms with Crippen LogP contribution in [0.15, 0.2) is 24.3 Å². The van der Waals surface area contributed by atoms with Gasteiger partial charge in [0.2, 0.25) is 0 Å². The molecule has 1 fully saturated rings. The zero-order valence-corrected chi connectivity index (χ0v) is 13.3. The monoisotopic (exact) mass is 326 g/mol. The Hall–Kier alpha value is -2.83. The van der Waals surface area contributed by atoms with E-state index in [0.29, 0.717) is 28.7 Å². The molecule has 2 aliphatic rings. The van der Waals surface area contributed by atoms with Crippen molar-refractivity contribution >= 4 is 23.3 Å². The predicted molar refractivity (Wildman–Crippen MR) is 88.3 cm³/mol. The lowest BCUT2D eigenvalue weighted by Crippen LogP contribution is -2.27.